The van der Waals surface area contributed by atoms with Crippen LogP contribution in [0.5, 0.6) is 0 Å². The Balaban J connectivity index is 1.50. The molecule has 31 heavy (non-hydrogen) atoms. The van der Waals surface area contributed by atoms with Gasteiger partial charge in [-0.2, -0.15) is 0 Å². The highest BCUT2D eigenvalue weighted by atomic mass is 35.5. The maximum Gasteiger partial charge on any atom is 0.170 e. The van der Waals surface area contributed by atoms with Crippen LogP contribution in [0.25, 0.3) is 11.3 Å². The van der Waals surface area contributed by atoms with Crippen molar-refractivity contribution in [2.45, 2.75) is 38.0 Å². The van der Waals surface area contributed by atoms with Gasteiger partial charge < -0.3 is 19.4 Å². The first kappa shape index (κ1) is 20.5. The quantitative estimate of drug-likeness (QED) is 0.518. The number of pyridine rings is 1. The predicted molar refractivity (Wildman–Crippen MR) is 125 cm³/mol. The van der Waals surface area contributed by atoms with Crippen LogP contribution >= 0.6 is 23.8 Å². The first-order valence-electron chi connectivity index (χ1n) is 10.6. The zero-order valence-corrected chi connectivity index (χ0v) is 18.8. The van der Waals surface area contributed by atoms with Gasteiger partial charge in [0.05, 0.1) is 17.8 Å². The van der Waals surface area contributed by atoms with E-state index in [2.05, 4.69) is 15.2 Å². The molecule has 0 radical (unpaired) electrons. The fourth-order valence-electron chi connectivity index (χ4n) is 4.33. The molecule has 5 rings (SSSR count). The van der Waals surface area contributed by atoms with Gasteiger partial charge in [0.1, 0.15) is 17.6 Å². The smallest absolute Gasteiger partial charge is 0.170 e. The van der Waals surface area contributed by atoms with Crippen LogP contribution < -0.4 is 5.32 Å². The van der Waals surface area contributed by atoms with Crippen molar-refractivity contribution < 1.29 is 9.15 Å². The van der Waals surface area contributed by atoms with E-state index in [-0.39, 0.29) is 18.2 Å². The number of thiocarbonyl (C=S) groups is 1. The van der Waals surface area contributed by atoms with E-state index in [4.69, 9.17) is 33.0 Å². The fraction of sp³-hybridized carbons (Fsp3) is 0.333. The van der Waals surface area contributed by atoms with Crippen LogP contribution in [0.3, 0.4) is 0 Å². The van der Waals surface area contributed by atoms with E-state index in [9.17, 15) is 0 Å². The molecule has 0 amide bonds. The summed E-state index contributed by atoms with van der Waals surface area (Å²) < 4.78 is 12.3. The second-order valence-corrected chi connectivity index (χ2v) is 8.87. The van der Waals surface area contributed by atoms with Gasteiger partial charge in [-0.3, -0.25) is 4.98 Å². The minimum atomic E-state index is -0.110. The SMILES string of the molecule is Cc1ccc(-c2ccc([C@@H]3[C@H](c4ccccn4)NC(=S)N3C[C@H]3CCCO3)o2)cc1Cl. The summed E-state index contributed by atoms with van der Waals surface area (Å²) >= 11 is 12.1. The number of ether oxygens (including phenoxy) is 1. The van der Waals surface area contributed by atoms with Gasteiger partial charge in [-0.25, -0.2) is 0 Å². The van der Waals surface area contributed by atoms with Crippen LogP contribution in [0, 0.1) is 6.92 Å². The largest absolute Gasteiger partial charge is 0.459 e. The average Bonchev–Trinajstić information content (AvgIpc) is 3.52. The van der Waals surface area contributed by atoms with Crippen LogP contribution in [-0.2, 0) is 4.74 Å². The summed E-state index contributed by atoms with van der Waals surface area (Å²) in [6, 6.07) is 15.7. The van der Waals surface area contributed by atoms with E-state index in [1.807, 2.05) is 61.7 Å². The molecule has 0 saturated carbocycles. The Morgan fingerprint density at radius 1 is 1.23 bits per heavy atom. The lowest BCUT2D eigenvalue weighted by molar-refractivity contribution is 0.0818. The first-order valence-corrected chi connectivity index (χ1v) is 11.3. The number of aromatic nitrogens is 1. The molecule has 3 atom stereocenters. The third kappa shape index (κ3) is 4.07. The zero-order chi connectivity index (χ0) is 21.4. The van der Waals surface area contributed by atoms with Gasteiger partial charge in [0, 0.05) is 29.9 Å². The Bertz CT molecular complexity index is 1080. The molecule has 2 aromatic heterocycles. The lowest BCUT2D eigenvalue weighted by Crippen LogP contribution is -2.36. The van der Waals surface area contributed by atoms with Crippen molar-refractivity contribution >= 4 is 28.9 Å². The third-order valence-corrected chi connectivity index (χ3v) is 6.76. The molecule has 3 aromatic rings. The van der Waals surface area contributed by atoms with Crippen molar-refractivity contribution in [1.82, 2.24) is 15.2 Å². The van der Waals surface area contributed by atoms with Crippen molar-refractivity contribution in [1.29, 1.82) is 0 Å². The number of hydrogen-bond acceptors (Lipinski definition) is 4. The predicted octanol–water partition coefficient (Wildman–Crippen LogP) is 5.45. The van der Waals surface area contributed by atoms with Crippen molar-refractivity contribution in [3.8, 4) is 11.3 Å². The molecule has 1 N–H and O–H groups in total. The highest BCUT2D eigenvalue weighted by Crippen LogP contribution is 2.41. The van der Waals surface area contributed by atoms with Crippen molar-refractivity contribution in [3.63, 3.8) is 0 Å². The summed E-state index contributed by atoms with van der Waals surface area (Å²) in [5.41, 5.74) is 2.93. The molecule has 1 aromatic carbocycles. The lowest BCUT2D eigenvalue weighted by atomic mass is 10.0. The van der Waals surface area contributed by atoms with Gasteiger partial charge >= 0.3 is 0 Å². The van der Waals surface area contributed by atoms with Gasteiger partial charge in [0.25, 0.3) is 0 Å². The minimum absolute atomic E-state index is 0.101. The molecule has 0 unspecified atom stereocenters. The molecule has 7 heteroatoms. The van der Waals surface area contributed by atoms with Gasteiger partial charge in [-0.1, -0.05) is 29.8 Å². The molecular formula is C24H24ClN3O2S. The Kier molecular flexibility index (Phi) is 5.69. The molecule has 5 nitrogen and oxygen atoms in total. The molecule has 160 valence electrons. The number of nitrogens with one attached hydrogen (secondary N) is 1. The first-order chi connectivity index (χ1) is 15.1. The van der Waals surface area contributed by atoms with E-state index in [1.165, 1.54) is 0 Å². The van der Waals surface area contributed by atoms with E-state index < -0.39 is 0 Å². The average molecular weight is 454 g/mol. The molecular weight excluding hydrogens is 430 g/mol. The zero-order valence-electron chi connectivity index (χ0n) is 17.3. The van der Waals surface area contributed by atoms with Gasteiger partial charge in [-0.15, -0.1) is 0 Å². The molecule has 2 fully saturated rings. The normalized spacial score (nSPS) is 23.4. The summed E-state index contributed by atoms with van der Waals surface area (Å²) in [6.07, 6.45) is 4.12. The summed E-state index contributed by atoms with van der Waals surface area (Å²) in [7, 11) is 0. The van der Waals surface area contributed by atoms with Crippen LogP contribution in [0.4, 0.5) is 0 Å². The molecule has 0 spiro atoms. The highest BCUT2D eigenvalue weighted by molar-refractivity contribution is 7.80. The van der Waals surface area contributed by atoms with E-state index in [0.717, 1.165) is 59.4 Å². The molecule has 0 bridgehead atoms. The number of aryl methyl sites for hydroxylation is 1. The maximum absolute atomic E-state index is 6.37. The minimum Gasteiger partial charge on any atom is -0.459 e. The number of halogens is 1. The molecule has 2 saturated heterocycles. The summed E-state index contributed by atoms with van der Waals surface area (Å²) in [5, 5.41) is 4.90. The van der Waals surface area contributed by atoms with Crippen LogP contribution in [0.2, 0.25) is 5.02 Å². The van der Waals surface area contributed by atoms with Gasteiger partial charge in [-0.05, 0) is 67.9 Å². The second-order valence-electron chi connectivity index (χ2n) is 8.08. The summed E-state index contributed by atoms with van der Waals surface area (Å²) in [5.74, 6) is 1.62. The van der Waals surface area contributed by atoms with Gasteiger partial charge in [0.2, 0.25) is 0 Å². The van der Waals surface area contributed by atoms with Crippen molar-refractivity contribution in [3.05, 3.63) is 76.8 Å². The second kappa shape index (κ2) is 8.61. The number of benzene rings is 1. The monoisotopic (exact) mass is 453 g/mol. The topological polar surface area (TPSA) is 50.5 Å². The molecule has 2 aliphatic heterocycles. The van der Waals surface area contributed by atoms with Gasteiger partial charge in [0.15, 0.2) is 5.11 Å². The Morgan fingerprint density at radius 3 is 2.87 bits per heavy atom. The molecule has 4 heterocycles. The van der Waals surface area contributed by atoms with E-state index in [0.29, 0.717) is 5.11 Å². The third-order valence-electron chi connectivity index (χ3n) is 6.00. The standard InChI is InChI=1S/C24H24ClN3O2S/c1-15-7-8-16(13-18(15)25)20-9-10-21(30-20)23-22(19-6-2-3-11-26-19)27-24(31)28(23)14-17-5-4-12-29-17/h2-3,6-11,13,17,22-23H,4-5,12,14H2,1H3,(H,27,31)/t17-,22+,23-/m1/s1. The van der Waals surface area contributed by atoms with E-state index in [1.54, 1.807) is 0 Å². The van der Waals surface area contributed by atoms with Crippen LogP contribution in [0.1, 0.15) is 41.9 Å². The van der Waals surface area contributed by atoms with Crippen molar-refractivity contribution in [2.24, 2.45) is 0 Å². The Labute approximate surface area is 192 Å². The molecule has 0 aliphatic carbocycles. The summed E-state index contributed by atoms with van der Waals surface area (Å²) in [6.45, 7) is 3.53. The number of hydrogen-bond donors (Lipinski definition) is 1. The van der Waals surface area contributed by atoms with Crippen LogP contribution in [-0.4, -0.2) is 34.3 Å². The van der Waals surface area contributed by atoms with E-state index >= 15 is 0 Å². The van der Waals surface area contributed by atoms with Crippen LogP contribution in [0.15, 0.2) is 59.1 Å². The number of rotatable bonds is 5. The Morgan fingerprint density at radius 2 is 2.13 bits per heavy atom. The van der Waals surface area contributed by atoms with Crippen molar-refractivity contribution in [2.75, 3.05) is 13.2 Å². The number of furan rings is 1. The lowest BCUT2D eigenvalue weighted by Gasteiger charge is -2.28. The fourth-order valence-corrected chi connectivity index (χ4v) is 4.83. The number of nitrogens with zero attached hydrogens (tertiary/aromatic N) is 2. The summed E-state index contributed by atoms with van der Waals surface area (Å²) in [4.78, 5) is 6.77. The molecule has 2 aliphatic rings. The Hall–Kier alpha value is -2.41. The maximum atomic E-state index is 6.37. The highest BCUT2D eigenvalue weighted by Gasteiger charge is 2.42.